The molecular weight excluding hydrogens is 318 g/mol. The van der Waals surface area contributed by atoms with Crippen LogP contribution in [0.25, 0.3) is 0 Å². The Labute approximate surface area is 148 Å². The molecule has 0 aliphatic heterocycles. The molecule has 0 aliphatic carbocycles. The van der Waals surface area contributed by atoms with Crippen LogP contribution >= 0.6 is 11.8 Å². The molecule has 0 fully saturated rings. The third-order valence-corrected chi connectivity index (χ3v) is 4.94. The molecule has 2 rings (SSSR count). The van der Waals surface area contributed by atoms with E-state index in [1.165, 1.54) is 11.1 Å². The van der Waals surface area contributed by atoms with E-state index in [0.717, 1.165) is 16.3 Å². The predicted octanol–water partition coefficient (Wildman–Crippen LogP) is 5.03. The third-order valence-electron chi connectivity index (χ3n) is 3.79. The van der Waals surface area contributed by atoms with Crippen molar-refractivity contribution in [3.05, 3.63) is 53.6 Å². The minimum absolute atomic E-state index is 0.00858. The first-order valence-corrected chi connectivity index (χ1v) is 8.96. The van der Waals surface area contributed by atoms with Gasteiger partial charge in [-0.25, -0.2) is 0 Å². The van der Waals surface area contributed by atoms with Crippen LogP contribution in [0.4, 0.5) is 5.69 Å². The van der Waals surface area contributed by atoms with Crippen LogP contribution in [-0.4, -0.2) is 18.8 Å². The van der Waals surface area contributed by atoms with Crippen molar-refractivity contribution in [1.82, 2.24) is 0 Å². The lowest BCUT2D eigenvalue weighted by molar-refractivity contribution is -0.113. The highest BCUT2D eigenvalue weighted by Gasteiger charge is 2.15. The average Bonchev–Trinajstić information content (AvgIpc) is 2.53. The Balaban J connectivity index is 1.98. The highest BCUT2D eigenvalue weighted by molar-refractivity contribution is 8.00. The van der Waals surface area contributed by atoms with Crippen LogP contribution in [0.5, 0.6) is 5.75 Å². The van der Waals surface area contributed by atoms with E-state index < -0.39 is 0 Å². The molecule has 2 aromatic carbocycles. The number of thioether (sulfide) groups is 1. The van der Waals surface area contributed by atoms with E-state index in [0.29, 0.717) is 5.75 Å². The number of carbonyl (C=O) groups is 1. The first kappa shape index (κ1) is 18.4. The van der Waals surface area contributed by atoms with Gasteiger partial charge in [0.25, 0.3) is 0 Å². The summed E-state index contributed by atoms with van der Waals surface area (Å²) >= 11 is 1.58. The summed E-state index contributed by atoms with van der Waals surface area (Å²) in [7, 11) is 1.62. The maximum Gasteiger partial charge on any atom is 0.234 e. The molecule has 0 spiro atoms. The number of methoxy groups -OCH3 is 1. The number of nitrogens with one attached hydrogen (secondary N) is 1. The molecule has 0 bridgehead atoms. The van der Waals surface area contributed by atoms with Crippen LogP contribution in [0.2, 0.25) is 0 Å². The first-order valence-electron chi connectivity index (χ1n) is 7.97. The van der Waals surface area contributed by atoms with E-state index in [-0.39, 0.29) is 11.3 Å². The average molecular weight is 343 g/mol. The molecule has 2 aromatic rings. The third kappa shape index (κ3) is 5.03. The lowest BCUT2D eigenvalue weighted by Crippen LogP contribution is -2.14. The zero-order valence-corrected chi connectivity index (χ0v) is 15.8. The van der Waals surface area contributed by atoms with Gasteiger partial charge in [0.2, 0.25) is 5.91 Å². The summed E-state index contributed by atoms with van der Waals surface area (Å²) < 4.78 is 5.11. The first-order chi connectivity index (χ1) is 11.3. The Morgan fingerprint density at radius 3 is 2.38 bits per heavy atom. The van der Waals surface area contributed by atoms with Crippen molar-refractivity contribution >= 4 is 23.4 Å². The molecule has 3 nitrogen and oxygen atoms in total. The van der Waals surface area contributed by atoms with E-state index in [9.17, 15) is 4.79 Å². The van der Waals surface area contributed by atoms with E-state index in [4.69, 9.17) is 4.74 Å². The van der Waals surface area contributed by atoms with Crippen LogP contribution < -0.4 is 10.1 Å². The number of hydrogen-bond acceptors (Lipinski definition) is 3. The van der Waals surface area contributed by atoms with Crippen molar-refractivity contribution in [3.8, 4) is 5.75 Å². The lowest BCUT2D eigenvalue weighted by Gasteiger charge is -2.20. The maximum absolute atomic E-state index is 12.2. The van der Waals surface area contributed by atoms with Crippen molar-refractivity contribution in [2.75, 3.05) is 18.2 Å². The van der Waals surface area contributed by atoms with Crippen LogP contribution in [0, 0.1) is 6.92 Å². The fourth-order valence-electron chi connectivity index (χ4n) is 2.24. The highest BCUT2D eigenvalue weighted by atomic mass is 32.2. The number of aryl methyl sites for hydroxylation is 1. The number of rotatable bonds is 5. The van der Waals surface area contributed by atoms with Gasteiger partial charge < -0.3 is 10.1 Å². The minimum atomic E-state index is -0.00858. The summed E-state index contributed by atoms with van der Waals surface area (Å²) in [6.45, 7) is 8.67. The van der Waals surface area contributed by atoms with E-state index in [1.807, 2.05) is 24.3 Å². The molecule has 0 atom stereocenters. The minimum Gasteiger partial charge on any atom is -0.497 e. The zero-order valence-electron chi connectivity index (χ0n) is 15.0. The Bertz CT molecular complexity index is 703. The molecule has 0 radical (unpaired) electrons. The van der Waals surface area contributed by atoms with Crippen LogP contribution in [0.3, 0.4) is 0 Å². The highest BCUT2D eigenvalue weighted by Crippen LogP contribution is 2.29. The molecule has 1 N–H and O–H groups in total. The van der Waals surface area contributed by atoms with Gasteiger partial charge in [0.1, 0.15) is 5.75 Å². The van der Waals surface area contributed by atoms with Gasteiger partial charge in [-0.2, -0.15) is 0 Å². The molecule has 4 heteroatoms. The summed E-state index contributed by atoms with van der Waals surface area (Å²) in [4.78, 5) is 13.3. The number of anilines is 1. The Morgan fingerprint density at radius 1 is 1.12 bits per heavy atom. The van der Waals surface area contributed by atoms with Gasteiger partial charge >= 0.3 is 0 Å². The maximum atomic E-state index is 12.2. The fourth-order valence-corrected chi connectivity index (χ4v) is 3.10. The van der Waals surface area contributed by atoms with Crippen LogP contribution in [-0.2, 0) is 10.2 Å². The number of amides is 1. The second-order valence-corrected chi connectivity index (χ2v) is 7.81. The monoisotopic (exact) mass is 343 g/mol. The quantitative estimate of drug-likeness (QED) is 0.774. The van der Waals surface area contributed by atoms with Crippen molar-refractivity contribution in [3.63, 3.8) is 0 Å². The topological polar surface area (TPSA) is 38.3 Å². The largest absolute Gasteiger partial charge is 0.497 e. The van der Waals surface area contributed by atoms with Gasteiger partial charge in [0.15, 0.2) is 0 Å². The lowest BCUT2D eigenvalue weighted by atomic mass is 9.87. The second-order valence-electron chi connectivity index (χ2n) is 6.80. The summed E-state index contributed by atoms with van der Waals surface area (Å²) in [6, 6.07) is 13.8. The molecule has 1 amide bonds. The predicted molar refractivity (Wildman–Crippen MR) is 102 cm³/mol. The molecule has 0 aromatic heterocycles. The van der Waals surface area contributed by atoms with Gasteiger partial charge in [0, 0.05) is 10.6 Å². The van der Waals surface area contributed by atoms with Crippen molar-refractivity contribution in [2.24, 2.45) is 0 Å². The van der Waals surface area contributed by atoms with Gasteiger partial charge in [-0.15, -0.1) is 11.8 Å². The normalized spacial score (nSPS) is 11.2. The smallest absolute Gasteiger partial charge is 0.234 e. The van der Waals surface area contributed by atoms with E-state index in [2.05, 4.69) is 51.2 Å². The van der Waals surface area contributed by atoms with Crippen molar-refractivity contribution in [1.29, 1.82) is 0 Å². The van der Waals surface area contributed by atoms with Crippen molar-refractivity contribution in [2.45, 2.75) is 38.0 Å². The molecule has 128 valence electrons. The standard InChI is InChI=1S/C20H25NO2S/c1-14-6-7-15(20(2,3)4)12-18(14)24-13-19(22)21-16-8-10-17(23-5)11-9-16/h6-12H,13H2,1-5H3,(H,21,22). The van der Waals surface area contributed by atoms with Crippen molar-refractivity contribution < 1.29 is 9.53 Å². The summed E-state index contributed by atoms with van der Waals surface area (Å²) in [6.07, 6.45) is 0. The van der Waals surface area contributed by atoms with Gasteiger partial charge in [-0.05, 0) is 53.8 Å². The number of ether oxygens (including phenoxy) is 1. The second kappa shape index (κ2) is 7.75. The molecule has 0 unspecified atom stereocenters. The summed E-state index contributed by atoms with van der Waals surface area (Å²) in [5, 5.41) is 2.91. The zero-order chi connectivity index (χ0) is 17.7. The van der Waals surface area contributed by atoms with Gasteiger partial charge in [-0.3, -0.25) is 4.79 Å². The summed E-state index contributed by atoms with van der Waals surface area (Å²) in [5.74, 6) is 1.16. The Kier molecular flexibility index (Phi) is 5.94. The Hall–Kier alpha value is -1.94. The molecule has 0 aliphatic rings. The van der Waals surface area contributed by atoms with Gasteiger partial charge in [-0.1, -0.05) is 32.9 Å². The molecular formula is C20H25NO2S. The number of carbonyl (C=O) groups excluding carboxylic acids is 1. The summed E-state index contributed by atoms with van der Waals surface area (Å²) in [5.41, 5.74) is 3.37. The number of hydrogen-bond donors (Lipinski definition) is 1. The van der Waals surface area contributed by atoms with E-state index >= 15 is 0 Å². The molecule has 0 heterocycles. The molecule has 0 saturated carbocycles. The molecule has 0 saturated heterocycles. The number of benzene rings is 2. The molecule has 24 heavy (non-hydrogen) atoms. The SMILES string of the molecule is COc1ccc(NC(=O)CSc2cc(C(C)(C)C)ccc2C)cc1. The van der Waals surface area contributed by atoms with Crippen LogP contribution in [0.1, 0.15) is 31.9 Å². The van der Waals surface area contributed by atoms with Gasteiger partial charge in [0.05, 0.1) is 12.9 Å². The fraction of sp³-hybridized carbons (Fsp3) is 0.350. The Morgan fingerprint density at radius 2 is 1.79 bits per heavy atom. The van der Waals surface area contributed by atoms with E-state index in [1.54, 1.807) is 18.9 Å². The van der Waals surface area contributed by atoms with Crippen LogP contribution in [0.15, 0.2) is 47.4 Å².